The standard InChI is InChI=1S/C16H31NO/c1-3-18-16(12-8-4-5-9-13-16)15(17-2)14-10-6-7-11-14/h14-15,17H,3-13H2,1-2H3. The highest BCUT2D eigenvalue weighted by atomic mass is 16.5. The fourth-order valence-electron chi connectivity index (χ4n) is 4.38. The topological polar surface area (TPSA) is 21.3 Å². The fourth-order valence-corrected chi connectivity index (χ4v) is 4.38. The van der Waals surface area contributed by atoms with Crippen LogP contribution in [-0.2, 0) is 4.74 Å². The second-order valence-corrected chi connectivity index (χ2v) is 6.22. The Balaban J connectivity index is 2.13. The number of likely N-dealkylation sites (N-methyl/N-ethyl adjacent to an activating group) is 1. The molecular formula is C16H31NO. The first-order valence-electron chi connectivity index (χ1n) is 8.13. The van der Waals surface area contributed by atoms with E-state index in [1.54, 1.807) is 0 Å². The maximum atomic E-state index is 6.35. The third-order valence-corrected chi connectivity index (χ3v) is 5.13. The first kappa shape index (κ1) is 14.3. The Labute approximate surface area is 113 Å². The van der Waals surface area contributed by atoms with Crippen molar-refractivity contribution in [3.63, 3.8) is 0 Å². The molecule has 0 bridgehead atoms. The average Bonchev–Trinajstić information content (AvgIpc) is 2.78. The van der Waals surface area contributed by atoms with E-state index >= 15 is 0 Å². The predicted octanol–water partition coefficient (Wildman–Crippen LogP) is 3.89. The first-order valence-corrected chi connectivity index (χ1v) is 8.13. The molecule has 0 radical (unpaired) electrons. The van der Waals surface area contributed by atoms with Crippen molar-refractivity contribution >= 4 is 0 Å². The van der Waals surface area contributed by atoms with Crippen LogP contribution in [0.2, 0.25) is 0 Å². The number of nitrogens with one attached hydrogen (secondary N) is 1. The van der Waals surface area contributed by atoms with Gasteiger partial charge in [-0.15, -0.1) is 0 Å². The molecule has 106 valence electrons. The first-order chi connectivity index (χ1) is 8.82. The summed E-state index contributed by atoms with van der Waals surface area (Å²) in [5.41, 5.74) is 0.134. The second kappa shape index (κ2) is 6.91. The third kappa shape index (κ3) is 3.08. The molecule has 0 spiro atoms. The van der Waals surface area contributed by atoms with Crippen LogP contribution in [0.5, 0.6) is 0 Å². The van der Waals surface area contributed by atoms with Crippen LogP contribution in [-0.4, -0.2) is 25.3 Å². The summed E-state index contributed by atoms with van der Waals surface area (Å²) < 4.78 is 6.35. The van der Waals surface area contributed by atoms with Gasteiger partial charge in [0.05, 0.1) is 5.60 Å². The van der Waals surface area contributed by atoms with Crippen LogP contribution in [0.3, 0.4) is 0 Å². The number of hydrogen-bond acceptors (Lipinski definition) is 2. The average molecular weight is 253 g/mol. The Hall–Kier alpha value is -0.0800. The molecule has 0 heterocycles. The lowest BCUT2D eigenvalue weighted by Crippen LogP contribution is -2.54. The van der Waals surface area contributed by atoms with Crippen molar-refractivity contribution in [2.24, 2.45) is 5.92 Å². The molecule has 2 aliphatic carbocycles. The van der Waals surface area contributed by atoms with Gasteiger partial charge in [-0.2, -0.15) is 0 Å². The summed E-state index contributed by atoms with van der Waals surface area (Å²) in [6.45, 7) is 3.03. The Bertz CT molecular complexity index is 227. The number of ether oxygens (including phenoxy) is 1. The van der Waals surface area contributed by atoms with E-state index in [4.69, 9.17) is 4.74 Å². The highest BCUT2D eigenvalue weighted by Gasteiger charge is 2.43. The molecule has 1 unspecified atom stereocenters. The minimum Gasteiger partial charge on any atom is -0.374 e. The van der Waals surface area contributed by atoms with Crippen LogP contribution >= 0.6 is 0 Å². The largest absolute Gasteiger partial charge is 0.374 e. The summed E-state index contributed by atoms with van der Waals surface area (Å²) in [7, 11) is 2.15. The minimum absolute atomic E-state index is 0.134. The van der Waals surface area contributed by atoms with Gasteiger partial charge in [-0.3, -0.25) is 0 Å². The summed E-state index contributed by atoms with van der Waals surface area (Å²) >= 11 is 0. The molecule has 2 heteroatoms. The molecule has 1 N–H and O–H groups in total. The Morgan fingerprint density at radius 2 is 1.67 bits per heavy atom. The summed E-state index contributed by atoms with van der Waals surface area (Å²) in [4.78, 5) is 0. The Kier molecular flexibility index (Phi) is 5.50. The smallest absolute Gasteiger partial charge is 0.0837 e. The van der Waals surface area contributed by atoms with Crippen LogP contribution in [0.1, 0.15) is 71.1 Å². The van der Waals surface area contributed by atoms with Gasteiger partial charge in [-0.05, 0) is 45.6 Å². The molecule has 0 aliphatic heterocycles. The van der Waals surface area contributed by atoms with E-state index < -0.39 is 0 Å². The molecule has 2 saturated carbocycles. The van der Waals surface area contributed by atoms with Crippen LogP contribution < -0.4 is 5.32 Å². The molecule has 0 aromatic heterocycles. The normalized spacial score (nSPS) is 27.0. The zero-order chi connectivity index (χ0) is 12.8. The van der Waals surface area contributed by atoms with Crippen molar-refractivity contribution in [3.05, 3.63) is 0 Å². The number of hydrogen-bond donors (Lipinski definition) is 1. The van der Waals surface area contributed by atoms with Gasteiger partial charge in [0, 0.05) is 12.6 Å². The summed E-state index contributed by atoms with van der Waals surface area (Å²) in [6, 6.07) is 0.582. The van der Waals surface area contributed by atoms with Crippen LogP contribution in [0.25, 0.3) is 0 Å². The molecular weight excluding hydrogens is 222 g/mol. The van der Waals surface area contributed by atoms with E-state index in [0.717, 1.165) is 12.5 Å². The SMILES string of the molecule is CCOC1(C(NC)C2CCCC2)CCCCCC1. The summed E-state index contributed by atoms with van der Waals surface area (Å²) in [6.07, 6.45) is 13.7. The lowest BCUT2D eigenvalue weighted by molar-refractivity contribution is -0.0879. The second-order valence-electron chi connectivity index (χ2n) is 6.22. The lowest BCUT2D eigenvalue weighted by atomic mass is 9.78. The zero-order valence-electron chi connectivity index (χ0n) is 12.3. The van der Waals surface area contributed by atoms with Crippen LogP contribution in [0, 0.1) is 5.92 Å². The zero-order valence-corrected chi connectivity index (χ0v) is 12.3. The Morgan fingerprint density at radius 1 is 1.06 bits per heavy atom. The molecule has 0 amide bonds. The molecule has 2 rings (SSSR count). The highest BCUT2D eigenvalue weighted by molar-refractivity contribution is 4.98. The fraction of sp³-hybridized carbons (Fsp3) is 1.00. The quantitative estimate of drug-likeness (QED) is 0.750. The van der Waals surface area contributed by atoms with E-state index in [9.17, 15) is 0 Å². The molecule has 2 fully saturated rings. The maximum absolute atomic E-state index is 6.35. The van der Waals surface area contributed by atoms with Crippen molar-refractivity contribution in [1.29, 1.82) is 0 Å². The van der Waals surface area contributed by atoms with Crippen molar-refractivity contribution in [2.75, 3.05) is 13.7 Å². The predicted molar refractivity (Wildman–Crippen MR) is 76.9 cm³/mol. The molecule has 0 saturated heterocycles. The van der Waals surface area contributed by atoms with Crippen LogP contribution in [0.15, 0.2) is 0 Å². The van der Waals surface area contributed by atoms with Gasteiger partial charge in [0.2, 0.25) is 0 Å². The minimum atomic E-state index is 0.134. The molecule has 2 nitrogen and oxygen atoms in total. The molecule has 0 aromatic carbocycles. The van der Waals surface area contributed by atoms with E-state index in [-0.39, 0.29) is 5.60 Å². The van der Waals surface area contributed by atoms with Crippen molar-refractivity contribution in [3.8, 4) is 0 Å². The highest BCUT2D eigenvalue weighted by Crippen LogP contribution is 2.40. The van der Waals surface area contributed by atoms with E-state index in [1.165, 1.54) is 64.2 Å². The number of rotatable bonds is 5. The van der Waals surface area contributed by atoms with Gasteiger partial charge in [0.1, 0.15) is 0 Å². The molecule has 2 aliphatic rings. The summed E-state index contributed by atoms with van der Waals surface area (Å²) in [5, 5.41) is 3.64. The van der Waals surface area contributed by atoms with Crippen molar-refractivity contribution < 1.29 is 4.74 Å². The lowest BCUT2D eigenvalue weighted by Gasteiger charge is -2.43. The molecule has 18 heavy (non-hydrogen) atoms. The summed E-state index contributed by atoms with van der Waals surface area (Å²) in [5.74, 6) is 0.847. The van der Waals surface area contributed by atoms with Gasteiger partial charge < -0.3 is 10.1 Å². The van der Waals surface area contributed by atoms with Gasteiger partial charge in [0.15, 0.2) is 0 Å². The van der Waals surface area contributed by atoms with Gasteiger partial charge >= 0.3 is 0 Å². The Morgan fingerprint density at radius 3 is 2.17 bits per heavy atom. The van der Waals surface area contributed by atoms with E-state index in [0.29, 0.717) is 6.04 Å². The van der Waals surface area contributed by atoms with Gasteiger partial charge in [0.25, 0.3) is 0 Å². The van der Waals surface area contributed by atoms with Gasteiger partial charge in [-0.25, -0.2) is 0 Å². The van der Waals surface area contributed by atoms with Crippen molar-refractivity contribution in [2.45, 2.75) is 82.8 Å². The monoisotopic (exact) mass is 253 g/mol. The molecule has 0 aromatic rings. The van der Waals surface area contributed by atoms with E-state index in [1.807, 2.05) is 0 Å². The van der Waals surface area contributed by atoms with Gasteiger partial charge in [-0.1, -0.05) is 38.5 Å². The third-order valence-electron chi connectivity index (χ3n) is 5.13. The maximum Gasteiger partial charge on any atom is 0.0837 e. The van der Waals surface area contributed by atoms with Crippen molar-refractivity contribution in [1.82, 2.24) is 5.32 Å². The van der Waals surface area contributed by atoms with Crippen LogP contribution in [0.4, 0.5) is 0 Å². The molecule has 1 atom stereocenters. The van der Waals surface area contributed by atoms with E-state index in [2.05, 4.69) is 19.3 Å².